The van der Waals surface area contributed by atoms with Crippen LogP contribution in [0.4, 0.5) is 17.3 Å². The molecule has 34 heavy (non-hydrogen) atoms. The quantitative estimate of drug-likeness (QED) is 0.649. The summed E-state index contributed by atoms with van der Waals surface area (Å²) < 4.78 is 0. The molecule has 0 spiro atoms. The smallest absolute Gasteiger partial charge is 0.271 e. The molecule has 1 aliphatic carbocycles. The second kappa shape index (κ2) is 9.29. The molecule has 9 heteroatoms. The number of aromatic nitrogens is 2. The fourth-order valence-electron chi connectivity index (χ4n) is 4.61. The van der Waals surface area contributed by atoms with Crippen LogP contribution in [0.3, 0.4) is 0 Å². The summed E-state index contributed by atoms with van der Waals surface area (Å²) in [5.41, 5.74) is 7.00. The molecule has 4 rings (SSSR count). The highest BCUT2D eigenvalue weighted by molar-refractivity contribution is 5.96. The van der Waals surface area contributed by atoms with Gasteiger partial charge in [-0.05, 0) is 56.2 Å². The maximum Gasteiger partial charge on any atom is 0.271 e. The Balaban J connectivity index is 1.57. The van der Waals surface area contributed by atoms with Crippen LogP contribution < -0.4 is 16.0 Å². The summed E-state index contributed by atoms with van der Waals surface area (Å²) in [4.78, 5) is 37.1. The lowest BCUT2D eigenvalue weighted by Crippen LogP contribution is -2.45. The fourth-order valence-corrected chi connectivity index (χ4v) is 4.61. The lowest BCUT2D eigenvalue weighted by Gasteiger charge is -2.40. The zero-order chi connectivity index (χ0) is 24.5. The monoisotopic (exact) mass is 461 g/mol. The number of primary amides is 1. The van der Waals surface area contributed by atoms with Gasteiger partial charge in [-0.15, -0.1) is 0 Å². The van der Waals surface area contributed by atoms with Crippen molar-refractivity contribution < 1.29 is 9.59 Å². The molecule has 1 aromatic carbocycles. The number of benzene rings is 1. The van der Waals surface area contributed by atoms with Gasteiger partial charge in [0.2, 0.25) is 5.91 Å². The minimum Gasteiger partial charge on any atom is -0.364 e. The van der Waals surface area contributed by atoms with Crippen LogP contribution in [-0.4, -0.2) is 53.4 Å². The first-order chi connectivity index (χ1) is 16.2. The van der Waals surface area contributed by atoms with Crippen LogP contribution in [0.15, 0.2) is 30.5 Å². The van der Waals surface area contributed by atoms with Crippen molar-refractivity contribution in [3.63, 3.8) is 0 Å². The molecule has 1 saturated carbocycles. The predicted molar refractivity (Wildman–Crippen MR) is 130 cm³/mol. The number of nitrogens with zero attached hydrogens (tertiary/aromatic N) is 5. The number of nitriles is 1. The van der Waals surface area contributed by atoms with E-state index in [0.29, 0.717) is 12.2 Å². The molecule has 1 saturated heterocycles. The van der Waals surface area contributed by atoms with E-state index in [4.69, 9.17) is 10.7 Å². The van der Waals surface area contributed by atoms with Crippen molar-refractivity contribution in [2.75, 3.05) is 30.9 Å². The molecule has 2 amide bonds. The molecule has 0 unspecified atom stereocenters. The van der Waals surface area contributed by atoms with Gasteiger partial charge >= 0.3 is 0 Å². The molecule has 178 valence electrons. The van der Waals surface area contributed by atoms with Gasteiger partial charge in [0.25, 0.3) is 5.91 Å². The lowest BCUT2D eigenvalue weighted by molar-refractivity contribution is -0.130. The number of hydrogen-bond donors (Lipinski definition) is 2. The Labute approximate surface area is 200 Å². The van der Waals surface area contributed by atoms with E-state index in [1.165, 1.54) is 0 Å². The normalized spacial score (nSPS) is 20.8. The number of amides is 2. The number of nitrogens with one attached hydrogen (secondary N) is 1. The molecule has 2 aromatic rings. The van der Waals surface area contributed by atoms with Gasteiger partial charge < -0.3 is 20.9 Å². The van der Waals surface area contributed by atoms with Gasteiger partial charge in [-0.25, -0.2) is 9.97 Å². The highest BCUT2D eigenvalue weighted by Crippen LogP contribution is 2.47. The molecule has 3 N–H and O–H groups in total. The summed E-state index contributed by atoms with van der Waals surface area (Å²) in [6, 6.07) is 10.1. The maximum absolute atomic E-state index is 12.3. The van der Waals surface area contributed by atoms with Crippen molar-refractivity contribution in [1.29, 1.82) is 5.26 Å². The Kier molecular flexibility index (Phi) is 6.42. The molecule has 1 aromatic heterocycles. The third kappa shape index (κ3) is 4.67. The molecule has 2 aliphatic rings. The molecule has 2 atom stereocenters. The standard InChI is InChI=1S/C25H31N7O2/c1-16-17(13-21(33)31(2)3)5-4-12-32(16)20-14-28-22(23(27)34)24(30-20)29-19-8-6-18(7-9-19)25(15-26)10-11-25/h6-9,14,16-17H,4-5,10-13H2,1-3H3,(H2,27,34)(H,29,30)/t16-,17+/m1/s1. The van der Waals surface area contributed by atoms with Gasteiger partial charge in [-0.1, -0.05) is 12.1 Å². The summed E-state index contributed by atoms with van der Waals surface area (Å²) in [5, 5.41) is 12.6. The number of anilines is 3. The number of hydrogen-bond acceptors (Lipinski definition) is 7. The second-order valence-electron chi connectivity index (χ2n) is 9.51. The Morgan fingerprint density at radius 3 is 2.59 bits per heavy atom. The summed E-state index contributed by atoms with van der Waals surface area (Å²) in [6.45, 7) is 2.90. The van der Waals surface area contributed by atoms with Gasteiger partial charge in [-0.2, -0.15) is 5.26 Å². The highest BCUT2D eigenvalue weighted by atomic mass is 16.2. The molecule has 0 bridgehead atoms. The van der Waals surface area contributed by atoms with Gasteiger partial charge in [0.1, 0.15) is 5.82 Å². The largest absolute Gasteiger partial charge is 0.364 e. The zero-order valence-electron chi connectivity index (χ0n) is 19.9. The van der Waals surface area contributed by atoms with Crippen LogP contribution in [0.2, 0.25) is 0 Å². The van der Waals surface area contributed by atoms with Gasteiger partial charge in [-0.3, -0.25) is 9.59 Å². The third-order valence-electron chi connectivity index (χ3n) is 7.04. The summed E-state index contributed by atoms with van der Waals surface area (Å²) in [7, 11) is 3.55. The summed E-state index contributed by atoms with van der Waals surface area (Å²) >= 11 is 0. The zero-order valence-corrected chi connectivity index (χ0v) is 19.9. The van der Waals surface area contributed by atoms with E-state index in [0.717, 1.165) is 43.5 Å². The van der Waals surface area contributed by atoms with Crippen LogP contribution >= 0.6 is 0 Å². The van der Waals surface area contributed by atoms with Gasteiger partial charge in [0, 0.05) is 38.8 Å². The average Bonchev–Trinajstić information content (AvgIpc) is 3.62. The maximum atomic E-state index is 12.3. The number of carbonyl (C=O) groups is 2. The molecule has 2 fully saturated rings. The van der Waals surface area contributed by atoms with Crippen molar-refractivity contribution in [3.8, 4) is 6.07 Å². The van der Waals surface area contributed by atoms with Gasteiger partial charge in [0.05, 0.1) is 17.7 Å². The van der Waals surface area contributed by atoms with Crippen LogP contribution in [0.25, 0.3) is 0 Å². The summed E-state index contributed by atoms with van der Waals surface area (Å²) in [5.74, 6) is 0.586. The molecular formula is C25H31N7O2. The SMILES string of the molecule is C[C@@H]1[C@H](CC(=O)N(C)C)CCCN1c1cnc(C(N)=O)c(Nc2ccc(C3(C#N)CC3)cc2)n1. The lowest BCUT2D eigenvalue weighted by atomic mass is 9.87. The molecule has 9 nitrogen and oxygen atoms in total. The van der Waals surface area contributed by atoms with Gasteiger partial charge in [0.15, 0.2) is 11.5 Å². The minimum atomic E-state index is -0.666. The van der Waals surface area contributed by atoms with E-state index in [9.17, 15) is 14.9 Å². The van der Waals surface area contributed by atoms with Crippen molar-refractivity contribution in [2.24, 2.45) is 11.7 Å². The van der Waals surface area contributed by atoms with E-state index < -0.39 is 5.91 Å². The van der Waals surface area contributed by atoms with Crippen molar-refractivity contribution >= 4 is 29.1 Å². The number of nitrogens with two attached hydrogens (primary N) is 1. The van der Waals surface area contributed by atoms with Crippen molar-refractivity contribution in [2.45, 2.75) is 50.5 Å². The first-order valence-corrected chi connectivity index (χ1v) is 11.7. The first-order valence-electron chi connectivity index (χ1n) is 11.7. The summed E-state index contributed by atoms with van der Waals surface area (Å²) in [6.07, 6.45) is 5.74. The average molecular weight is 462 g/mol. The topological polar surface area (TPSA) is 128 Å². The Hall–Kier alpha value is -3.67. The number of piperidine rings is 1. The first kappa shape index (κ1) is 23.5. The molecular weight excluding hydrogens is 430 g/mol. The van der Waals surface area contributed by atoms with Crippen LogP contribution in [0, 0.1) is 17.2 Å². The Morgan fingerprint density at radius 1 is 1.29 bits per heavy atom. The van der Waals surface area contributed by atoms with E-state index in [2.05, 4.69) is 28.2 Å². The van der Waals surface area contributed by atoms with E-state index in [1.807, 2.05) is 24.3 Å². The number of rotatable bonds is 7. The van der Waals surface area contributed by atoms with Crippen molar-refractivity contribution in [1.82, 2.24) is 14.9 Å². The Bertz CT molecular complexity index is 1120. The third-order valence-corrected chi connectivity index (χ3v) is 7.04. The van der Waals surface area contributed by atoms with Crippen molar-refractivity contribution in [3.05, 3.63) is 41.7 Å². The van der Waals surface area contributed by atoms with E-state index in [-0.39, 0.29) is 34.8 Å². The molecule has 1 aliphatic heterocycles. The minimum absolute atomic E-state index is 0.0625. The molecule has 0 radical (unpaired) electrons. The predicted octanol–water partition coefficient (Wildman–Crippen LogP) is 2.96. The molecule has 2 heterocycles. The fraction of sp³-hybridized carbons (Fsp3) is 0.480. The van der Waals surface area contributed by atoms with E-state index >= 15 is 0 Å². The highest BCUT2D eigenvalue weighted by Gasteiger charge is 2.44. The van der Waals surface area contributed by atoms with E-state index in [1.54, 1.807) is 25.2 Å². The number of carbonyl (C=O) groups excluding carboxylic acids is 2. The second-order valence-corrected chi connectivity index (χ2v) is 9.51. The van der Waals surface area contributed by atoms with Crippen LogP contribution in [0.1, 0.15) is 55.1 Å². The Morgan fingerprint density at radius 2 is 2.00 bits per heavy atom. The van der Waals surface area contributed by atoms with Crippen LogP contribution in [-0.2, 0) is 10.2 Å². The van der Waals surface area contributed by atoms with Crippen LogP contribution in [0.5, 0.6) is 0 Å².